The van der Waals surface area contributed by atoms with Crippen LogP contribution in [0.4, 0.5) is 10.1 Å². The van der Waals surface area contributed by atoms with Crippen LogP contribution in [0, 0.1) is 19.7 Å². The predicted molar refractivity (Wildman–Crippen MR) is 104 cm³/mol. The Hall–Kier alpha value is 0.154. The number of benzene rings is 1. The van der Waals surface area contributed by atoms with Crippen molar-refractivity contribution in [3.63, 3.8) is 0 Å². The smallest absolute Gasteiger partial charge is 0.265 e. The SMILES string of the molecule is CCC(C(=O)Nc1c(C)cc(F)cc1C)[P+]1(CC)CCCCCC1.[Y]. The Balaban J connectivity index is 0.00000312. The fourth-order valence-corrected chi connectivity index (χ4v) is 9.27. The summed E-state index contributed by atoms with van der Waals surface area (Å²) in [7, 11) is -1.24. The largest absolute Gasteiger partial charge is 0.322 e. The van der Waals surface area contributed by atoms with Crippen molar-refractivity contribution in [1.29, 1.82) is 0 Å². The fraction of sp³-hybridized carbons (Fsp3) is 0.650. The van der Waals surface area contributed by atoms with E-state index in [2.05, 4.69) is 19.2 Å². The Kier molecular flexibility index (Phi) is 9.72. The second-order valence-electron chi connectivity index (χ2n) is 7.22. The molecule has 2 nitrogen and oxygen atoms in total. The monoisotopic (exact) mass is 441 g/mol. The number of anilines is 1. The molecule has 1 saturated heterocycles. The van der Waals surface area contributed by atoms with Crippen LogP contribution in [-0.2, 0) is 37.5 Å². The van der Waals surface area contributed by atoms with Crippen LogP contribution in [0.3, 0.4) is 0 Å². The van der Waals surface area contributed by atoms with Gasteiger partial charge in [0, 0.05) is 45.7 Å². The zero-order chi connectivity index (χ0) is 17.7. The van der Waals surface area contributed by atoms with Crippen LogP contribution < -0.4 is 5.32 Å². The molecule has 1 heterocycles. The summed E-state index contributed by atoms with van der Waals surface area (Å²) in [6.07, 6.45) is 9.78. The average molecular weight is 441 g/mol. The van der Waals surface area contributed by atoms with Crippen LogP contribution in [0.2, 0.25) is 0 Å². The molecule has 1 aliphatic rings. The first-order chi connectivity index (χ1) is 11.4. The standard InChI is InChI=1S/C20H31FNOP.Y/c1-5-18(24(6-2)11-9-7-8-10-12-24)20(23)22-19-15(3)13-17(21)14-16(19)4;/h13-14,18H,5-12H2,1-4H3;/p+1. The van der Waals surface area contributed by atoms with Gasteiger partial charge in [-0.15, -0.1) is 0 Å². The van der Waals surface area contributed by atoms with Gasteiger partial charge in [0.1, 0.15) is 11.5 Å². The Bertz CT molecular complexity index is 562. The van der Waals surface area contributed by atoms with Crippen LogP contribution >= 0.6 is 7.26 Å². The van der Waals surface area contributed by atoms with Gasteiger partial charge >= 0.3 is 0 Å². The molecular weight excluding hydrogens is 409 g/mol. The molecule has 5 heteroatoms. The molecule has 1 amide bonds. The van der Waals surface area contributed by atoms with Gasteiger partial charge in [-0.25, -0.2) is 4.39 Å². The van der Waals surface area contributed by atoms with Gasteiger partial charge in [0.2, 0.25) is 0 Å². The molecule has 1 radical (unpaired) electrons. The van der Waals surface area contributed by atoms with E-state index in [1.165, 1.54) is 56.3 Å². The number of rotatable bonds is 5. The molecule has 0 saturated carbocycles. The first kappa shape index (κ1) is 23.2. The van der Waals surface area contributed by atoms with Gasteiger partial charge in [-0.1, -0.05) is 6.92 Å². The number of carbonyl (C=O) groups excluding carboxylic acids is 1. The molecule has 1 aliphatic heterocycles. The van der Waals surface area contributed by atoms with E-state index in [-0.39, 0.29) is 50.1 Å². The molecule has 25 heavy (non-hydrogen) atoms. The van der Waals surface area contributed by atoms with Gasteiger partial charge in [0.25, 0.3) is 5.91 Å². The number of hydrogen-bond acceptors (Lipinski definition) is 1. The Morgan fingerprint density at radius 2 is 1.64 bits per heavy atom. The second-order valence-corrected chi connectivity index (χ2v) is 11.8. The molecule has 0 spiro atoms. The number of halogens is 1. The van der Waals surface area contributed by atoms with Crippen LogP contribution in [0.25, 0.3) is 0 Å². The van der Waals surface area contributed by atoms with E-state index in [9.17, 15) is 9.18 Å². The molecule has 2 rings (SSSR count). The van der Waals surface area contributed by atoms with Crippen LogP contribution in [0.5, 0.6) is 0 Å². The van der Waals surface area contributed by atoms with E-state index >= 15 is 0 Å². The van der Waals surface area contributed by atoms with Gasteiger partial charge in [0.15, 0.2) is 0 Å². The summed E-state index contributed by atoms with van der Waals surface area (Å²) >= 11 is 0. The topological polar surface area (TPSA) is 29.1 Å². The maximum Gasteiger partial charge on any atom is 0.265 e. The third-order valence-corrected chi connectivity index (χ3v) is 11.3. The summed E-state index contributed by atoms with van der Waals surface area (Å²) in [6.45, 7) is 8.16. The van der Waals surface area contributed by atoms with E-state index in [4.69, 9.17) is 0 Å². The number of amides is 1. The van der Waals surface area contributed by atoms with Crippen molar-refractivity contribution in [2.75, 3.05) is 23.8 Å². The Morgan fingerprint density at radius 1 is 1.12 bits per heavy atom. The Morgan fingerprint density at radius 3 is 2.08 bits per heavy atom. The molecule has 1 aromatic rings. The molecule has 1 atom stereocenters. The quantitative estimate of drug-likeness (QED) is 0.578. The third-order valence-electron chi connectivity index (χ3n) is 5.68. The number of aryl methyl sites for hydroxylation is 2. The van der Waals surface area contributed by atoms with Crippen LogP contribution in [0.15, 0.2) is 12.1 Å². The molecule has 137 valence electrons. The first-order valence-corrected chi connectivity index (χ1v) is 11.8. The average Bonchev–Trinajstić information content (AvgIpc) is 2.78. The van der Waals surface area contributed by atoms with Crippen molar-refractivity contribution in [2.45, 2.75) is 65.5 Å². The minimum atomic E-state index is -1.24. The van der Waals surface area contributed by atoms with E-state index in [1.54, 1.807) is 0 Å². The fourth-order valence-electron chi connectivity index (χ4n) is 4.30. The van der Waals surface area contributed by atoms with Crippen molar-refractivity contribution >= 4 is 18.9 Å². The summed E-state index contributed by atoms with van der Waals surface area (Å²) in [4.78, 5) is 13.1. The van der Waals surface area contributed by atoms with Gasteiger partial charge < -0.3 is 5.32 Å². The molecule has 0 aromatic heterocycles. The zero-order valence-electron chi connectivity index (χ0n) is 16.2. The first-order valence-electron chi connectivity index (χ1n) is 9.37. The minimum absolute atomic E-state index is 0. The van der Waals surface area contributed by atoms with Crippen LogP contribution in [0.1, 0.15) is 57.1 Å². The second kappa shape index (κ2) is 10.5. The number of nitrogens with one attached hydrogen (secondary N) is 1. The predicted octanol–water partition coefficient (Wildman–Crippen LogP) is 5.77. The summed E-state index contributed by atoms with van der Waals surface area (Å²) in [5, 5.41) is 3.16. The summed E-state index contributed by atoms with van der Waals surface area (Å²) in [5.41, 5.74) is 2.55. The molecule has 1 aromatic carbocycles. The zero-order valence-corrected chi connectivity index (χ0v) is 19.9. The molecule has 0 bridgehead atoms. The van der Waals surface area contributed by atoms with Gasteiger partial charge in [-0.05, 0) is 76.1 Å². The van der Waals surface area contributed by atoms with Crippen molar-refractivity contribution in [2.24, 2.45) is 0 Å². The minimum Gasteiger partial charge on any atom is -0.322 e. The number of carbonyl (C=O) groups is 1. The van der Waals surface area contributed by atoms with Crippen LogP contribution in [-0.4, -0.2) is 30.1 Å². The Labute approximate surface area is 178 Å². The molecule has 1 unspecified atom stereocenters. The maximum absolute atomic E-state index is 13.5. The molecular formula is C20H32FNOPY+. The van der Waals surface area contributed by atoms with E-state index in [0.29, 0.717) is 0 Å². The van der Waals surface area contributed by atoms with E-state index < -0.39 is 7.26 Å². The third kappa shape index (κ3) is 5.57. The summed E-state index contributed by atoms with van der Waals surface area (Å²) in [5.74, 6) is -0.0799. The van der Waals surface area contributed by atoms with Gasteiger partial charge in [-0.2, -0.15) is 0 Å². The van der Waals surface area contributed by atoms with Crippen molar-refractivity contribution < 1.29 is 41.9 Å². The molecule has 0 aliphatic carbocycles. The van der Waals surface area contributed by atoms with Gasteiger partial charge in [-0.3, -0.25) is 4.79 Å². The van der Waals surface area contributed by atoms with Crippen molar-refractivity contribution in [3.8, 4) is 0 Å². The van der Waals surface area contributed by atoms with E-state index in [1.807, 2.05) is 13.8 Å². The summed E-state index contributed by atoms with van der Waals surface area (Å²) in [6, 6.07) is 3.00. The molecule has 1 N–H and O–H groups in total. The molecule has 1 fully saturated rings. The van der Waals surface area contributed by atoms with E-state index in [0.717, 1.165) is 23.2 Å². The summed E-state index contributed by atoms with van der Waals surface area (Å²) < 4.78 is 13.5. The number of hydrogen-bond donors (Lipinski definition) is 1. The normalized spacial score (nSPS) is 18.0. The van der Waals surface area contributed by atoms with Crippen molar-refractivity contribution in [1.82, 2.24) is 0 Å². The maximum atomic E-state index is 13.5. The van der Waals surface area contributed by atoms with Gasteiger partial charge in [0.05, 0.1) is 18.5 Å². The van der Waals surface area contributed by atoms with Crippen molar-refractivity contribution in [3.05, 3.63) is 29.1 Å².